The zero-order valence-electron chi connectivity index (χ0n) is 13.9. The van der Waals surface area contributed by atoms with E-state index < -0.39 is 5.97 Å². The number of methoxy groups -OCH3 is 1. The number of hydrogen-bond donors (Lipinski definition) is 0. The fourth-order valence-electron chi connectivity index (χ4n) is 2.39. The van der Waals surface area contributed by atoms with E-state index >= 15 is 0 Å². The van der Waals surface area contributed by atoms with Crippen LogP contribution < -0.4 is 0 Å². The van der Waals surface area contributed by atoms with Gasteiger partial charge >= 0.3 is 5.97 Å². The number of imide groups is 1. The van der Waals surface area contributed by atoms with E-state index in [4.69, 9.17) is 4.42 Å². The van der Waals surface area contributed by atoms with Gasteiger partial charge in [0.15, 0.2) is 0 Å². The van der Waals surface area contributed by atoms with Crippen molar-refractivity contribution >= 4 is 35.0 Å². The Morgan fingerprint density at radius 3 is 2.62 bits per heavy atom. The number of furan rings is 1. The van der Waals surface area contributed by atoms with Gasteiger partial charge in [0.2, 0.25) is 0 Å². The Bertz CT molecular complexity index is 910. The minimum absolute atomic E-state index is 0.179. The highest BCUT2D eigenvalue weighted by molar-refractivity contribution is 8.18. The first-order valence-electron chi connectivity index (χ1n) is 7.68. The van der Waals surface area contributed by atoms with Crippen molar-refractivity contribution in [2.24, 2.45) is 0 Å². The normalized spacial score (nSPS) is 15.6. The number of thioether (sulfide) groups is 1. The van der Waals surface area contributed by atoms with E-state index in [0.717, 1.165) is 22.2 Å². The number of esters is 1. The molecule has 0 spiro atoms. The third kappa shape index (κ3) is 3.48. The summed E-state index contributed by atoms with van der Waals surface area (Å²) in [6.07, 6.45) is 3.04. The van der Waals surface area contributed by atoms with Crippen LogP contribution in [0, 0.1) is 0 Å². The molecule has 0 aliphatic carbocycles. The smallest absolute Gasteiger partial charge is 0.337 e. The van der Waals surface area contributed by atoms with E-state index in [0.29, 0.717) is 22.0 Å². The van der Waals surface area contributed by atoms with Crippen LogP contribution in [0.1, 0.15) is 16.1 Å². The van der Waals surface area contributed by atoms with Gasteiger partial charge in [-0.25, -0.2) is 4.79 Å². The summed E-state index contributed by atoms with van der Waals surface area (Å²) in [6, 6.07) is 10.2. The SMILES string of the molecule is C=CCN1C(=O)S/C(=C/c2ccc(-c3ccc(C(=O)OC)cc3)o2)C1=O. The lowest BCUT2D eigenvalue weighted by Crippen LogP contribution is -2.27. The predicted octanol–water partition coefficient (Wildman–Crippen LogP) is 3.96. The third-order valence-corrected chi connectivity index (χ3v) is 4.58. The number of ether oxygens (including phenoxy) is 1. The van der Waals surface area contributed by atoms with Crippen LogP contribution in [-0.2, 0) is 9.53 Å². The van der Waals surface area contributed by atoms with E-state index in [-0.39, 0.29) is 17.7 Å². The standard InChI is InChI=1S/C19H15NO5S/c1-3-10-20-17(21)16(26-19(20)23)11-14-8-9-15(25-14)12-4-6-13(7-5-12)18(22)24-2/h3-9,11H,1,10H2,2H3/b16-11+. The van der Waals surface area contributed by atoms with Gasteiger partial charge < -0.3 is 9.15 Å². The number of nitrogens with zero attached hydrogens (tertiary/aromatic N) is 1. The maximum atomic E-state index is 12.2. The highest BCUT2D eigenvalue weighted by atomic mass is 32.2. The van der Waals surface area contributed by atoms with E-state index in [9.17, 15) is 14.4 Å². The number of carbonyl (C=O) groups is 3. The number of amides is 2. The Morgan fingerprint density at radius 1 is 1.23 bits per heavy atom. The molecule has 0 atom stereocenters. The van der Waals surface area contributed by atoms with Gasteiger partial charge in [0.05, 0.1) is 17.6 Å². The van der Waals surface area contributed by atoms with Crippen molar-refractivity contribution < 1.29 is 23.5 Å². The highest BCUT2D eigenvalue weighted by Gasteiger charge is 2.34. The lowest BCUT2D eigenvalue weighted by Gasteiger charge is -2.07. The van der Waals surface area contributed by atoms with Crippen molar-refractivity contribution in [1.82, 2.24) is 4.90 Å². The Balaban J connectivity index is 1.80. The number of hydrogen-bond acceptors (Lipinski definition) is 6. The first-order valence-corrected chi connectivity index (χ1v) is 8.50. The van der Waals surface area contributed by atoms with Crippen LogP contribution in [0.5, 0.6) is 0 Å². The van der Waals surface area contributed by atoms with E-state index in [1.807, 2.05) is 0 Å². The van der Waals surface area contributed by atoms with Crippen LogP contribution in [0.2, 0.25) is 0 Å². The first-order chi connectivity index (χ1) is 12.5. The summed E-state index contributed by atoms with van der Waals surface area (Å²) in [5.41, 5.74) is 1.22. The molecule has 7 heteroatoms. The van der Waals surface area contributed by atoms with Crippen molar-refractivity contribution in [1.29, 1.82) is 0 Å². The fraction of sp³-hybridized carbons (Fsp3) is 0.105. The number of carbonyl (C=O) groups excluding carboxylic acids is 3. The van der Waals surface area contributed by atoms with Crippen LogP contribution in [0.25, 0.3) is 17.4 Å². The van der Waals surface area contributed by atoms with Gasteiger partial charge in [-0.05, 0) is 36.0 Å². The molecule has 0 N–H and O–H groups in total. The summed E-state index contributed by atoms with van der Waals surface area (Å²) in [4.78, 5) is 36.9. The van der Waals surface area contributed by atoms with Gasteiger partial charge in [-0.2, -0.15) is 0 Å². The minimum Gasteiger partial charge on any atom is -0.465 e. The van der Waals surface area contributed by atoms with Gasteiger partial charge in [-0.1, -0.05) is 18.2 Å². The van der Waals surface area contributed by atoms with Crippen LogP contribution in [-0.4, -0.2) is 35.7 Å². The van der Waals surface area contributed by atoms with Gasteiger partial charge in [0.1, 0.15) is 11.5 Å². The second-order valence-corrected chi connectivity index (χ2v) is 6.35. The van der Waals surface area contributed by atoms with Crippen molar-refractivity contribution in [3.63, 3.8) is 0 Å². The average Bonchev–Trinajstić information content (AvgIpc) is 3.22. The van der Waals surface area contributed by atoms with E-state index in [1.54, 1.807) is 42.5 Å². The van der Waals surface area contributed by atoms with Crippen LogP contribution in [0.4, 0.5) is 4.79 Å². The molecule has 6 nitrogen and oxygen atoms in total. The van der Waals surface area contributed by atoms with Crippen LogP contribution in [0.3, 0.4) is 0 Å². The molecule has 1 saturated heterocycles. The molecule has 1 aromatic heterocycles. The topological polar surface area (TPSA) is 76.8 Å². The molecule has 0 bridgehead atoms. The van der Waals surface area contributed by atoms with Crippen LogP contribution >= 0.6 is 11.8 Å². The van der Waals surface area contributed by atoms with E-state index in [1.165, 1.54) is 13.2 Å². The molecule has 0 radical (unpaired) electrons. The van der Waals surface area contributed by atoms with Crippen molar-refractivity contribution in [2.45, 2.75) is 0 Å². The van der Waals surface area contributed by atoms with Crippen molar-refractivity contribution in [2.75, 3.05) is 13.7 Å². The number of benzene rings is 1. The molecule has 2 amide bonds. The molecule has 1 fully saturated rings. The summed E-state index contributed by atoms with van der Waals surface area (Å²) in [5.74, 6) is 0.270. The fourth-order valence-corrected chi connectivity index (χ4v) is 3.22. The van der Waals surface area contributed by atoms with Crippen LogP contribution in [0.15, 0.2) is 58.4 Å². The molecule has 1 aliphatic heterocycles. The molecule has 1 aromatic carbocycles. The first kappa shape index (κ1) is 17.8. The maximum absolute atomic E-state index is 12.2. The Kier molecular flexibility index (Phi) is 5.09. The Morgan fingerprint density at radius 2 is 1.96 bits per heavy atom. The molecule has 0 unspecified atom stereocenters. The van der Waals surface area contributed by atoms with Crippen molar-refractivity contribution in [3.05, 3.63) is 65.3 Å². The molecule has 26 heavy (non-hydrogen) atoms. The lowest BCUT2D eigenvalue weighted by atomic mass is 10.1. The summed E-state index contributed by atoms with van der Waals surface area (Å²) < 4.78 is 10.4. The molecule has 2 aromatic rings. The molecule has 132 valence electrons. The summed E-state index contributed by atoms with van der Waals surface area (Å²) in [7, 11) is 1.33. The largest absolute Gasteiger partial charge is 0.465 e. The zero-order chi connectivity index (χ0) is 18.7. The molecular formula is C19H15NO5S. The second-order valence-electron chi connectivity index (χ2n) is 5.35. The summed E-state index contributed by atoms with van der Waals surface area (Å²) >= 11 is 0.869. The Labute approximate surface area is 154 Å². The van der Waals surface area contributed by atoms with Crippen molar-refractivity contribution in [3.8, 4) is 11.3 Å². The maximum Gasteiger partial charge on any atom is 0.337 e. The molecule has 0 saturated carbocycles. The second kappa shape index (κ2) is 7.45. The molecule has 3 rings (SSSR count). The lowest BCUT2D eigenvalue weighted by molar-refractivity contribution is -0.122. The number of rotatable bonds is 5. The third-order valence-electron chi connectivity index (χ3n) is 3.68. The Hall–Kier alpha value is -3.06. The molecule has 1 aliphatic rings. The molecule has 2 heterocycles. The summed E-state index contributed by atoms with van der Waals surface area (Å²) in [6.45, 7) is 3.72. The zero-order valence-corrected chi connectivity index (χ0v) is 14.7. The monoisotopic (exact) mass is 369 g/mol. The van der Waals surface area contributed by atoms with Gasteiger partial charge in [-0.15, -0.1) is 6.58 Å². The average molecular weight is 369 g/mol. The van der Waals surface area contributed by atoms with E-state index in [2.05, 4.69) is 11.3 Å². The van der Waals surface area contributed by atoms with Gasteiger partial charge in [-0.3, -0.25) is 14.5 Å². The predicted molar refractivity (Wildman–Crippen MR) is 98.4 cm³/mol. The minimum atomic E-state index is -0.410. The molecular weight excluding hydrogens is 354 g/mol. The van der Waals surface area contributed by atoms with Gasteiger partial charge in [0.25, 0.3) is 11.1 Å². The quantitative estimate of drug-likeness (QED) is 0.451. The summed E-state index contributed by atoms with van der Waals surface area (Å²) in [5, 5.41) is -0.327. The van der Waals surface area contributed by atoms with Gasteiger partial charge in [0, 0.05) is 18.2 Å². The highest BCUT2D eigenvalue weighted by Crippen LogP contribution is 2.33.